The molecule has 1 fully saturated rings. The largest absolute Gasteiger partial charge is 0.294 e. The van der Waals surface area contributed by atoms with E-state index in [1.54, 1.807) is 0 Å². The molecule has 1 aliphatic rings. The monoisotopic (exact) mass is 154 g/mol. The number of hydrogen-bond acceptors (Lipinski definition) is 2. The van der Waals surface area contributed by atoms with Crippen LogP contribution in [-0.2, 0) is 0 Å². The van der Waals surface area contributed by atoms with Crippen molar-refractivity contribution in [2.45, 2.75) is 40.2 Å². The number of rotatable bonds is 1. The van der Waals surface area contributed by atoms with E-state index < -0.39 is 0 Å². The number of nitrogens with zero attached hydrogens (tertiary/aromatic N) is 2. The third-order valence-corrected chi connectivity index (χ3v) is 2.21. The van der Waals surface area contributed by atoms with Gasteiger partial charge in [0.05, 0.1) is 0 Å². The normalized spacial score (nSPS) is 30.2. The maximum atomic E-state index is 4.31. The van der Waals surface area contributed by atoms with Crippen LogP contribution in [0.1, 0.15) is 34.1 Å². The quantitative estimate of drug-likeness (QED) is 0.528. The molecule has 0 aromatic carbocycles. The Hall–Kier alpha value is -0.530. The van der Waals surface area contributed by atoms with E-state index in [0.29, 0.717) is 11.5 Å². The molecule has 0 aliphatic carbocycles. The summed E-state index contributed by atoms with van der Waals surface area (Å²) in [6.45, 7) is 9.90. The van der Waals surface area contributed by atoms with Gasteiger partial charge >= 0.3 is 0 Å². The van der Waals surface area contributed by atoms with Crippen molar-refractivity contribution in [3.63, 3.8) is 0 Å². The maximum absolute atomic E-state index is 4.31. The summed E-state index contributed by atoms with van der Waals surface area (Å²) in [5, 5.41) is 6.49. The second-order valence-corrected chi connectivity index (χ2v) is 4.19. The smallest absolute Gasteiger partial charge is 0.0448 e. The van der Waals surface area contributed by atoms with Crippen LogP contribution in [0.4, 0.5) is 0 Å². The molecule has 0 N–H and O–H groups in total. The minimum absolute atomic E-state index is 0.450. The van der Waals surface area contributed by atoms with E-state index >= 15 is 0 Å². The molecule has 0 amide bonds. The second-order valence-electron chi connectivity index (χ2n) is 4.19. The van der Waals surface area contributed by atoms with E-state index in [1.165, 1.54) is 6.42 Å². The average Bonchev–Trinajstić information content (AvgIpc) is 2.07. The lowest BCUT2D eigenvalue weighted by Gasteiger charge is -2.17. The highest BCUT2D eigenvalue weighted by molar-refractivity contribution is 5.52. The fourth-order valence-electron chi connectivity index (χ4n) is 1.87. The molecule has 2 heteroatoms. The van der Waals surface area contributed by atoms with Crippen LogP contribution < -0.4 is 0 Å². The third-order valence-electron chi connectivity index (χ3n) is 2.21. The van der Waals surface area contributed by atoms with Crippen molar-refractivity contribution in [2.75, 3.05) is 6.54 Å². The standard InChI is InChI=1S/C9H18N2/c1-5-10-11-7-9(3,4)6-8(11)2/h5,8H,6-7H2,1-4H3/b10-5-. The van der Waals surface area contributed by atoms with Gasteiger partial charge in [0.1, 0.15) is 0 Å². The van der Waals surface area contributed by atoms with Gasteiger partial charge in [0.15, 0.2) is 0 Å². The van der Waals surface area contributed by atoms with E-state index in [9.17, 15) is 0 Å². The zero-order valence-corrected chi connectivity index (χ0v) is 7.96. The fourth-order valence-corrected chi connectivity index (χ4v) is 1.87. The van der Waals surface area contributed by atoms with Gasteiger partial charge in [-0.3, -0.25) is 5.01 Å². The summed E-state index contributed by atoms with van der Waals surface area (Å²) in [4.78, 5) is 0. The first-order valence-electron chi connectivity index (χ1n) is 4.30. The van der Waals surface area contributed by atoms with Crippen LogP contribution in [0.5, 0.6) is 0 Å². The average molecular weight is 154 g/mol. The predicted molar refractivity (Wildman–Crippen MR) is 48.7 cm³/mol. The summed E-state index contributed by atoms with van der Waals surface area (Å²) < 4.78 is 0. The van der Waals surface area contributed by atoms with E-state index in [2.05, 4.69) is 30.9 Å². The molecule has 0 spiro atoms. The Kier molecular flexibility index (Phi) is 2.21. The molecule has 1 atom stereocenters. The van der Waals surface area contributed by atoms with Crippen LogP contribution in [-0.4, -0.2) is 23.8 Å². The molecule has 1 rings (SSSR count). The van der Waals surface area contributed by atoms with Crippen molar-refractivity contribution in [1.82, 2.24) is 5.01 Å². The molecular formula is C9H18N2. The Morgan fingerprint density at radius 2 is 2.18 bits per heavy atom. The summed E-state index contributed by atoms with van der Waals surface area (Å²) in [5.74, 6) is 0. The van der Waals surface area contributed by atoms with E-state index in [4.69, 9.17) is 0 Å². The van der Waals surface area contributed by atoms with Gasteiger partial charge in [-0.05, 0) is 25.7 Å². The van der Waals surface area contributed by atoms with Gasteiger partial charge < -0.3 is 0 Å². The van der Waals surface area contributed by atoms with Crippen LogP contribution in [0.15, 0.2) is 5.10 Å². The van der Waals surface area contributed by atoms with Crippen LogP contribution in [0.2, 0.25) is 0 Å². The predicted octanol–water partition coefficient (Wildman–Crippen LogP) is 2.11. The van der Waals surface area contributed by atoms with Gasteiger partial charge in [0, 0.05) is 18.8 Å². The molecule has 0 aromatic rings. The molecule has 1 unspecified atom stereocenters. The van der Waals surface area contributed by atoms with Gasteiger partial charge in [0.2, 0.25) is 0 Å². The lowest BCUT2D eigenvalue weighted by molar-refractivity contribution is 0.266. The molecule has 0 saturated carbocycles. The van der Waals surface area contributed by atoms with Crippen molar-refractivity contribution >= 4 is 6.21 Å². The van der Waals surface area contributed by atoms with Gasteiger partial charge in [0.25, 0.3) is 0 Å². The summed E-state index contributed by atoms with van der Waals surface area (Å²) in [6, 6.07) is 0.612. The van der Waals surface area contributed by atoms with Crippen LogP contribution in [0, 0.1) is 5.41 Å². The highest BCUT2D eigenvalue weighted by Crippen LogP contribution is 2.33. The Morgan fingerprint density at radius 3 is 2.55 bits per heavy atom. The lowest BCUT2D eigenvalue weighted by atomic mass is 9.91. The molecule has 1 saturated heterocycles. The summed E-state index contributed by atoms with van der Waals surface area (Å²) in [5.41, 5.74) is 0.450. The molecule has 0 bridgehead atoms. The van der Waals surface area contributed by atoms with E-state index in [0.717, 1.165) is 6.54 Å². The van der Waals surface area contributed by atoms with Crippen molar-refractivity contribution in [3.05, 3.63) is 0 Å². The van der Waals surface area contributed by atoms with Crippen LogP contribution >= 0.6 is 0 Å². The summed E-state index contributed by atoms with van der Waals surface area (Å²) >= 11 is 0. The fraction of sp³-hybridized carbons (Fsp3) is 0.889. The van der Waals surface area contributed by atoms with Crippen molar-refractivity contribution in [2.24, 2.45) is 10.5 Å². The SMILES string of the molecule is C/C=N\N1CC(C)(C)CC1C. The first-order valence-corrected chi connectivity index (χ1v) is 4.30. The van der Waals surface area contributed by atoms with Gasteiger partial charge in [-0.2, -0.15) is 5.10 Å². The topological polar surface area (TPSA) is 15.6 Å². The zero-order valence-electron chi connectivity index (χ0n) is 7.96. The first kappa shape index (κ1) is 8.57. The Morgan fingerprint density at radius 1 is 1.55 bits per heavy atom. The molecular weight excluding hydrogens is 136 g/mol. The van der Waals surface area contributed by atoms with Gasteiger partial charge in [-0.25, -0.2) is 0 Å². The van der Waals surface area contributed by atoms with Crippen molar-refractivity contribution in [1.29, 1.82) is 0 Å². The minimum atomic E-state index is 0.450. The molecule has 2 nitrogen and oxygen atoms in total. The molecule has 0 radical (unpaired) electrons. The lowest BCUT2D eigenvalue weighted by Crippen LogP contribution is -2.22. The molecule has 11 heavy (non-hydrogen) atoms. The Labute approximate surface area is 69.3 Å². The molecule has 1 aliphatic heterocycles. The number of hydrogen-bond donors (Lipinski definition) is 0. The molecule has 1 heterocycles. The van der Waals surface area contributed by atoms with Gasteiger partial charge in [-0.1, -0.05) is 13.8 Å². The van der Waals surface area contributed by atoms with E-state index in [1.807, 2.05) is 13.1 Å². The first-order chi connectivity index (χ1) is 5.05. The van der Waals surface area contributed by atoms with Crippen LogP contribution in [0.25, 0.3) is 0 Å². The summed E-state index contributed by atoms with van der Waals surface area (Å²) in [7, 11) is 0. The maximum Gasteiger partial charge on any atom is 0.0448 e. The zero-order chi connectivity index (χ0) is 8.48. The third kappa shape index (κ3) is 1.95. The Bertz CT molecular complexity index is 161. The van der Waals surface area contributed by atoms with Crippen molar-refractivity contribution < 1.29 is 0 Å². The molecule has 64 valence electrons. The van der Waals surface area contributed by atoms with Crippen molar-refractivity contribution in [3.8, 4) is 0 Å². The second kappa shape index (κ2) is 2.84. The number of hydrazone groups is 1. The molecule has 0 aromatic heterocycles. The highest BCUT2D eigenvalue weighted by atomic mass is 15.5. The minimum Gasteiger partial charge on any atom is -0.294 e. The Balaban J connectivity index is 2.59. The summed E-state index contributed by atoms with van der Waals surface area (Å²) in [6.07, 6.45) is 3.13. The van der Waals surface area contributed by atoms with E-state index in [-0.39, 0.29) is 0 Å². The highest BCUT2D eigenvalue weighted by Gasteiger charge is 2.33. The van der Waals surface area contributed by atoms with Crippen LogP contribution in [0.3, 0.4) is 0 Å². The van der Waals surface area contributed by atoms with Gasteiger partial charge in [-0.15, -0.1) is 0 Å².